The van der Waals surface area contributed by atoms with Gasteiger partial charge in [0.1, 0.15) is 0 Å². The monoisotopic (exact) mass is 428 g/mol. The topological polar surface area (TPSA) is 127 Å². The van der Waals surface area contributed by atoms with Crippen LogP contribution in [0.2, 0.25) is 0 Å². The van der Waals surface area contributed by atoms with E-state index < -0.39 is 53.0 Å². The first-order valence-electron chi connectivity index (χ1n) is 5.49. The van der Waals surface area contributed by atoms with E-state index >= 15 is 0 Å². The Morgan fingerprint density at radius 3 is 1.15 bits per heavy atom. The Bertz CT molecular complexity index is 642. The van der Waals surface area contributed by atoms with Gasteiger partial charge in [-0.1, -0.05) is 0 Å². The molecule has 18 heteroatoms. The van der Waals surface area contributed by atoms with Gasteiger partial charge in [-0.15, -0.1) is 0 Å². The Labute approximate surface area is 138 Å². The lowest BCUT2D eigenvalue weighted by Gasteiger charge is -2.40. The zero-order valence-corrected chi connectivity index (χ0v) is 11.6. The maximum absolute atomic E-state index is 14.5. The van der Waals surface area contributed by atoms with Crippen molar-refractivity contribution in [3.05, 3.63) is 0 Å². The molecule has 1 unspecified atom stereocenters. The Kier molecular flexibility index (Phi) is 6.02. The zero-order chi connectivity index (χ0) is 22.2. The first kappa shape index (κ1) is 24.2. The van der Waals surface area contributed by atoms with E-state index in [1.807, 2.05) is 9.88 Å². The van der Waals surface area contributed by atoms with Gasteiger partial charge < -0.3 is 10.2 Å². The normalized spacial score (nSPS) is 15.5. The molecule has 2 N–H and O–H groups in total. The van der Waals surface area contributed by atoms with Gasteiger partial charge in [0, 0.05) is 9.05 Å². The number of carboxylic acid groups (broad SMARTS) is 2. The van der Waals surface area contributed by atoms with Gasteiger partial charge in [0.25, 0.3) is 0 Å². The summed E-state index contributed by atoms with van der Waals surface area (Å²) in [6.45, 7) is 0. The van der Waals surface area contributed by atoms with E-state index in [1.165, 1.54) is 0 Å². The minimum atomic E-state index is -7.86. The number of halogens is 10. The van der Waals surface area contributed by atoms with Crippen LogP contribution >= 0.6 is 0 Å². The third-order valence-electron chi connectivity index (χ3n) is 3.07. The molecule has 0 fully saturated rings. The van der Waals surface area contributed by atoms with Crippen molar-refractivity contribution in [3.63, 3.8) is 0 Å². The predicted octanol–water partition coefficient (Wildman–Crippen LogP) is 1.54. The summed E-state index contributed by atoms with van der Waals surface area (Å²) >= 11 is 0. The van der Waals surface area contributed by atoms with Gasteiger partial charge in [-0.05, 0) is 0 Å². The van der Waals surface area contributed by atoms with Crippen LogP contribution in [0.15, 0.2) is 0 Å². The van der Waals surface area contributed by atoms with Crippen molar-refractivity contribution >= 4 is 23.9 Å². The van der Waals surface area contributed by atoms with Gasteiger partial charge in [0.2, 0.25) is 0 Å². The maximum atomic E-state index is 14.5. The summed E-state index contributed by atoms with van der Waals surface area (Å²) in [5, 5.41) is 16.9. The fraction of sp³-hybridized carbons (Fsp3) is 0.556. The summed E-state index contributed by atoms with van der Waals surface area (Å²) in [7, 11) is 0. The molecule has 0 saturated carbocycles. The minimum absolute atomic E-state index is 1.84. The van der Waals surface area contributed by atoms with Crippen LogP contribution < -0.4 is 0 Å². The molecule has 0 aliphatic carbocycles. The molecule has 156 valence electrons. The van der Waals surface area contributed by atoms with E-state index in [4.69, 9.17) is 10.2 Å². The number of carboxylic acids is 2. The van der Waals surface area contributed by atoms with Crippen LogP contribution in [0.5, 0.6) is 0 Å². The average molecular weight is 428 g/mol. The van der Waals surface area contributed by atoms with Gasteiger partial charge in [-0.3, -0.25) is 14.7 Å². The summed E-state index contributed by atoms with van der Waals surface area (Å²) in [6.07, 6.45) is -7.52. The highest BCUT2D eigenvalue weighted by molar-refractivity contribution is 6.22. The fourth-order valence-electron chi connectivity index (χ4n) is 1.73. The van der Waals surface area contributed by atoms with E-state index in [0.717, 1.165) is 0 Å². The lowest BCUT2D eigenvalue weighted by molar-refractivity contribution is -0.384. The number of alkyl halides is 8. The van der Waals surface area contributed by atoms with E-state index in [9.17, 15) is 63.4 Å². The molecule has 0 saturated heterocycles. The number of carbonyl (C=O) groups excluding carboxylic acids is 2. The van der Waals surface area contributed by atoms with Gasteiger partial charge >= 0.3 is 53.0 Å². The van der Waals surface area contributed by atoms with Crippen molar-refractivity contribution in [2.24, 2.45) is 5.41 Å². The van der Waals surface area contributed by atoms with Crippen LogP contribution in [0.1, 0.15) is 0 Å². The summed E-state index contributed by atoms with van der Waals surface area (Å²) in [5.74, 6) is -31.9. The molecule has 27 heavy (non-hydrogen) atoms. The number of aliphatic carboxylic acids is 2. The largest absolute Gasteiger partial charge is 0.480 e. The van der Waals surface area contributed by atoms with Crippen LogP contribution in [-0.2, 0) is 29.1 Å². The molecular formula is C9H2F10O8. The van der Waals surface area contributed by atoms with Gasteiger partial charge in [-0.25, -0.2) is 18.8 Å². The van der Waals surface area contributed by atoms with Crippen LogP contribution in [0.25, 0.3) is 0 Å². The third kappa shape index (κ3) is 2.78. The predicted molar refractivity (Wildman–Crippen MR) is 51.9 cm³/mol. The summed E-state index contributed by atoms with van der Waals surface area (Å²) in [5.41, 5.74) is -13.4. The van der Waals surface area contributed by atoms with Gasteiger partial charge in [-0.2, -0.15) is 30.7 Å². The molecule has 0 rings (SSSR count). The van der Waals surface area contributed by atoms with Crippen LogP contribution in [0.4, 0.5) is 44.2 Å². The van der Waals surface area contributed by atoms with Crippen molar-refractivity contribution in [2.45, 2.75) is 23.7 Å². The highest BCUT2D eigenvalue weighted by Gasteiger charge is 2.93. The number of hydrogen-bond donors (Lipinski definition) is 2. The molecule has 0 amide bonds. The maximum Gasteiger partial charge on any atom is 0.460 e. The molecule has 0 aromatic carbocycles. The molecule has 0 bridgehead atoms. The summed E-state index contributed by atoms with van der Waals surface area (Å²) in [4.78, 5) is 47.4. The lowest BCUT2D eigenvalue weighted by Crippen LogP contribution is -2.76. The molecule has 0 heterocycles. The van der Waals surface area contributed by atoms with Crippen LogP contribution in [0, 0.1) is 5.41 Å². The molecule has 8 nitrogen and oxygen atoms in total. The van der Waals surface area contributed by atoms with Crippen molar-refractivity contribution in [1.29, 1.82) is 0 Å². The molecule has 0 radical (unpaired) electrons. The quantitative estimate of drug-likeness (QED) is 0.462. The Balaban J connectivity index is 7.51. The molecule has 0 aliphatic rings. The second-order valence-electron chi connectivity index (χ2n) is 4.39. The third-order valence-corrected chi connectivity index (χ3v) is 3.07. The van der Waals surface area contributed by atoms with Crippen molar-refractivity contribution in [3.8, 4) is 0 Å². The van der Waals surface area contributed by atoms with Crippen LogP contribution in [0.3, 0.4) is 0 Å². The SMILES string of the molecule is O=C(O)C(C(=O)OF)(C(=O)OF)C(F)(C(=O)O)C(F)(F)C(F)(F)C(F)(F)F. The van der Waals surface area contributed by atoms with E-state index in [2.05, 4.69) is 0 Å². The fourth-order valence-corrected chi connectivity index (χ4v) is 1.73. The molecule has 0 aromatic rings. The number of rotatable bonds is 7. The van der Waals surface area contributed by atoms with E-state index in [1.54, 1.807) is 0 Å². The van der Waals surface area contributed by atoms with Gasteiger partial charge in [0.05, 0.1) is 0 Å². The lowest BCUT2D eigenvalue weighted by atomic mass is 9.67. The Hall–Kier alpha value is -2.82. The first-order valence-corrected chi connectivity index (χ1v) is 5.49. The smallest absolute Gasteiger partial charge is 0.460 e. The molecule has 0 aliphatic heterocycles. The number of carbonyl (C=O) groups is 4. The van der Waals surface area contributed by atoms with Crippen LogP contribution in [-0.4, -0.2) is 57.8 Å². The van der Waals surface area contributed by atoms with Gasteiger partial charge in [0.15, 0.2) is 0 Å². The number of hydrogen-bond acceptors (Lipinski definition) is 6. The highest BCUT2D eigenvalue weighted by Crippen LogP contribution is 2.58. The Morgan fingerprint density at radius 1 is 0.630 bits per heavy atom. The summed E-state index contributed by atoms with van der Waals surface area (Å²) < 4.78 is 128. The van der Waals surface area contributed by atoms with Crippen molar-refractivity contribution < 1.29 is 83.4 Å². The zero-order valence-electron chi connectivity index (χ0n) is 11.6. The molecular weight excluding hydrogens is 426 g/mol. The van der Waals surface area contributed by atoms with Crippen molar-refractivity contribution in [1.82, 2.24) is 0 Å². The summed E-state index contributed by atoms with van der Waals surface area (Å²) in [6, 6.07) is 0. The molecule has 1 atom stereocenters. The minimum Gasteiger partial charge on any atom is -0.480 e. The Morgan fingerprint density at radius 2 is 0.963 bits per heavy atom. The van der Waals surface area contributed by atoms with E-state index in [0.29, 0.717) is 0 Å². The first-order chi connectivity index (χ1) is 11.8. The average Bonchev–Trinajstić information content (AvgIpc) is 2.52. The molecule has 0 spiro atoms. The van der Waals surface area contributed by atoms with Crippen molar-refractivity contribution in [2.75, 3.05) is 0 Å². The second kappa shape index (κ2) is 6.72. The standard InChI is InChI=1S/C9H2F10O8/c10-6(2(22)23,7(11,12)8(13,14)9(15,16)17)5(1(20)21,3(24)26-18)4(25)27-19/h(H,20,21)(H,22,23). The second-order valence-corrected chi connectivity index (χ2v) is 4.39. The highest BCUT2D eigenvalue weighted by atomic mass is 19.4. The van der Waals surface area contributed by atoms with E-state index in [-0.39, 0.29) is 0 Å². The molecule has 0 aromatic heterocycles.